The van der Waals surface area contributed by atoms with Crippen molar-refractivity contribution in [3.63, 3.8) is 0 Å². The van der Waals surface area contributed by atoms with Gasteiger partial charge >= 0.3 is 0 Å². The number of amides is 1. The van der Waals surface area contributed by atoms with E-state index in [0.717, 1.165) is 55.7 Å². The molecule has 0 unspecified atom stereocenters. The lowest BCUT2D eigenvalue weighted by atomic mass is 10.0. The van der Waals surface area contributed by atoms with Gasteiger partial charge in [-0.25, -0.2) is 0 Å². The van der Waals surface area contributed by atoms with Gasteiger partial charge in [0, 0.05) is 24.3 Å². The lowest BCUT2D eigenvalue weighted by Crippen LogP contribution is -2.35. The van der Waals surface area contributed by atoms with Crippen LogP contribution < -0.4 is 0 Å². The Morgan fingerprint density at radius 3 is 2.39 bits per heavy atom. The first-order valence-corrected chi connectivity index (χ1v) is 8.54. The molecule has 2 heterocycles. The van der Waals surface area contributed by atoms with Gasteiger partial charge in [0.2, 0.25) is 0 Å². The molecule has 1 amide bonds. The summed E-state index contributed by atoms with van der Waals surface area (Å²) in [6, 6.07) is 8.12. The van der Waals surface area contributed by atoms with Crippen LogP contribution in [0, 0.1) is 13.8 Å². The van der Waals surface area contributed by atoms with Gasteiger partial charge in [0.25, 0.3) is 5.91 Å². The maximum Gasteiger partial charge on any atom is 0.253 e. The van der Waals surface area contributed by atoms with Gasteiger partial charge in [0.15, 0.2) is 0 Å². The van der Waals surface area contributed by atoms with Crippen molar-refractivity contribution in [3.05, 3.63) is 52.3 Å². The van der Waals surface area contributed by atoms with E-state index in [1.807, 2.05) is 24.0 Å². The highest BCUT2D eigenvalue weighted by Gasteiger charge is 2.17. The molecule has 1 aliphatic heterocycles. The number of benzene rings is 1. The number of aromatic nitrogens is 2. The molecular weight excluding hydrogens is 286 g/mol. The van der Waals surface area contributed by atoms with E-state index in [2.05, 4.69) is 29.3 Å². The van der Waals surface area contributed by atoms with Crippen LogP contribution in [0.3, 0.4) is 0 Å². The molecule has 0 saturated carbocycles. The van der Waals surface area contributed by atoms with Crippen LogP contribution in [0.5, 0.6) is 0 Å². The number of H-pyrrole nitrogens is 1. The van der Waals surface area contributed by atoms with E-state index in [1.54, 1.807) is 0 Å². The van der Waals surface area contributed by atoms with Crippen LogP contribution in [-0.4, -0.2) is 34.1 Å². The van der Waals surface area contributed by atoms with Crippen molar-refractivity contribution < 1.29 is 4.79 Å². The Labute approximate surface area is 137 Å². The predicted molar refractivity (Wildman–Crippen MR) is 91.7 cm³/mol. The van der Waals surface area contributed by atoms with Gasteiger partial charge < -0.3 is 4.90 Å². The second kappa shape index (κ2) is 6.99. The topological polar surface area (TPSA) is 49.0 Å². The van der Waals surface area contributed by atoms with E-state index in [-0.39, 0.29) is 5.91 Å². The maximum atomic E-state index is 12.5. The molecule has 0 bridgehead atoms. The Kier molecular flexibility index (Phi) is 4.79. The smallest absolute Gasteiger partial charge is 0.253 e. The molecule has 4 nitrogen and oxygen atoms in total. The largest absolute Gasteiger partial charge is 0.339 e. The highest BCUT2D eigenvalue weighted by Crippen LogP contribution is 2.16. The van der Waals surface area contributed by atoms with Crippen molar-refractivity contribution in [2.45, 2.75) is 46.0 Å². The number of aromatic amines is 1. The second-order valence-corrected chi connectivity index (χ2v) is 6.46. The molecule has 1 aromatic carbocycles. The summed E-state index contributed by atoms with van der Waals surface area (Å²) in [6.45, 7) is 5.91. The Morgan fingerprint density at radius 2 is 1.78 bits per heavy atom. The molecule has 1 N–H and O–H groups in total. The predicted octanol–water partition coefficient (Wildman–Crippen LogP) is 3.44. The molecule has 122 valence electrons. The van der Waals surface area contributed by atoms with Gasteiger partial charge in [0.1, 0.15) is 0 Å². The highest BCUT2D eigenvalue weighted by molar-refractivity contribution is 5.94. The molecule has 1 fully saturated rings. The SMILES string of the molecule is Cc1n[nH]c(C)c1CCc1ccc(C(=O)N2CCCCC2)cc1. The number of carbonyl (C=O) groups excluding carboxylic acids is 1. The summed E-state index contributed by atoms with van der Waals surface area (Å²) in [5.74, 6) is 0.178. The van der Waals surface area contributed by atoms with E-state index >= 15 is 0 Å². The fourth-order valence-corrected chi connectivity index (χ4v) is 3.31. The Hall–Kier alpha value is -2.10. The van der Waals surface area contributed by atoms with Crippen LogP contribution >= 0.6 is 0 Å². The van der Waals surface area contributed by atoms with Crippen LogP contribution in [0.15, 0.2) is 24.3 Å². The summed E-state index contributed by atoms with van der Waals surface area (Å²) in [4.78, 5) is 14.4. The van der Waals surface area contributed by atoms with Crippen LogP contribution in [-0.2, 0) is 12.8 Å². The van der Waals surface area contributed by atoms with Crippen molar-refractivity contribution in [2.75, 3.05) is 13.1 Å². The third kappa shape index (κ3) is 3.63. The third-order valence-electron chi connectivity index (χ3n) is 4.79. The first-order chi connectivity index (χ1) is 11.1. The first kappa shape index (κ1) is 15.8. The number of nitrogens with zero attached hydrogens (tertiary/aromatic N) is 2. The molecule has 23 heavy (non-hydrogen) atoms. The minimum Gasteiger partial charge on any atom is -0.339 e. The molecule has 0 radical (unpaired) electrons. The molecule has 1 saturated heterocycles. The number of carbonyl (C=O) groups is 1. The number of nitrogens with one attached hydrogen (secondary N) is 1. The molecule has 1 aromatic heterocycles. The maximum absolute atomic E-state index is 12.5. The van der Waals surface area contributed by atoms with Gasteiger partial charge in [-0.15, -0.1) is 0 Å². The highest BCUT2D eigenvalue weighted by atomic mass is 16.2. The summed E-state index contributed by atoms with van der Waals surface area (Å²) in [5.41, 5.74) is 5.61. The quantitative estimate of drug-likeness (QED) is 0.940. The lowest BCUT2D eigenvalue weighted by molar-refractivity contribution is 0.0724. The zero-order valence-electron chi connectivity index (χ0n) is 14.1. The van der Waals surface area contributed by atoms with E-state index in [1.165, 1.54) is 17.5 Å². The van der Waals surface area contributed by atoms with Crippen molar-refractivity contribution in [1.29, 1.82) is 0 Å². The van der Waals surface area contributed by atoms with Gasteiger partial charge in [-0.2, -0.15) is 5.10 Å². The Morgan fingerprint density at radius 1 is 1.09 bits per heavy atom. The molecule has 3 rings (SSSR count). The molecule has 0 spiro atoms. The van der Waals surface area contributed by atoms with Crippen LogP contribution in [0.25, 0.3) is 0 Å². The average molecular weight is 311 g/mol. The Balaban J connectivity index is 1.61. The zero-order chi connectivity index (χ0) is 16.2. The molecule has 2 aromatic rings. The van der Waals surface area contributed by atoms with Gasteiger partial charge in [-0.1, -0.05) is 12.1 Å². The number of hydrogen-bond acceptors (Lipinski definition) is 2. The van der Waals surface area contributed by atoms with E-state index in [0.29, 0.717) is 0 Å². The number of rotatable bonds is 4. The standard InChI is InChI=1S/C19H25N3O/c1-14-18(15(2)21-20-14)11-8-16-6-9-17(10-7-16)19(23)22-12-4-3-5-13-22/h6-7,9-10H,3-5,8,11-13H2,1-2H3,(H,20,21). The van der Waals surface area contributed by atoms with Crippen molar-refractivity contribution >= 4 is 5.91 Å². The average Bonchev–Trinajstić information content (AvgIpc) is 2.92. The fraction of sp³-hybridized carbons (Fsp3) is 0.474. The van der Waals surface area contributed by atoms with E-state index in [4.69, 9.17) is 0 Å². The molecule has 4 heteroatoms. The number of likely N-dealkylation sites (tertiary alicyclic amines) is 1. The summed E-state index contributed by atoms with van der Waals surface area (Å²) in [7, 11) is 0. The van der Waals surface area contributed by atoms with Crippen LogP contribution in [0.1, 0.15) is 52.1 Å². The number of aryl methyl sites for hydroxylation is 3. The van der Waals surface area contributed by atoms with Crippen molar-refractivity contribution in [2.24, 2.45) is 0 Å². The molecule has 0 atom stereocenters. The summed E-state index contributed by atoms with van der Waals surface area (Å²) in [5, 5.41) is 7.28. The molecule has 1 aliphatic rings. The van der Waals surface area contributed by atoms with E-state index in [9.17, 15) is 4.79 Å². The minimum absolute atomic E-state index is 0.178. The second-order valence-electron chi connectivity index (χ2n) is 6.46. The number of hydrogen-bond donors (Lipinski definition) is 1. The summed E-state index contributed by atoms with van der Waals surface area (Å²) >= 11 is 0. The van der Waals surface area contributed by atoms with Crippen LogP contribution in [0.4, 0.5) is 0 Å². The minimum atomic E-state index is 0.178. The third-order valence-corrected chi connectivity index (χ3v) is 4.79. The molecule has 0 aliphatic carbocycles. The van der Waals surface area contributed by atoms with Gasteiger partial charge in [-0.3, -0.25) is 9.89 Å². The van der Waals surface area contributed by atoms with E-state index < -0.39 is 0 Å². The normalized spacial score (nSPS) is 15.0. The summed E-state index contributed by atoms with van der Waals surface area (Å²) < 4.78 is 0. The molecular formula is C19H25N3O. The van der Waals surface area contributed by atoms with Gasteiger partial charge in [0.05, 0.1) is 5.69 Å². The van der Waals surface area contributed by atoms with Gasteiger partial charge in [-0.05, 0) is 69.2 Å². The van der Waals surface area contributed by atoms with Crippen molar-refractivity contribution in [1.82, 2.24) is 15.1 Å². The summed E-state index contributed by atoms with van der Waals surface area (Å²) in [6.07, 6.45) is 5.46. The lowest BCUT2D eigenvalue weighted by Gasteiger charge is -2.26. The number of piperidine rings is 1. The van der Waals surface area contributed by atoms with Crippen LogP contribution in [0.2, 0.25) is 0 Å². The monoisotopic (exact) mass is 311 g/mol. The zero-order valence-corrected chi connectivity index (χ0v) is 14.1. The fourth-order valence-electron chi connectivity index (χ4n) is 3.31. The van der Waals surface area contributed by atoms with Crippen molar-refractivity contribution in [3.8, 4) is 0 Å². The first-order valence-electron chi connectivity index (χ1n) is 8.54. The Bertz CT molecular complexity index is 647.